The highest BCUT2D eigenvalue weighted by atomic mass is 16.4. The van der Waals surface area contributed by atoms with E-state index < -0.39 is 5.97 Å². The van der Waals surface area contributed by atoms with Crippen molar-refractivity contribution in [3.05, 3.63) is 47.9 Å². The van der Waals surface area contributed by atoms with Gasteiger partial charge in [-0.1, -0.05) is 23.4 Å². The Hall–Kier alpha value is -2.63. The fourth-order valence-corrected chi connectivity index (χ4v) is 2.40. The second-order valence-corrected chi connectivity index (χ2v) is 4.75. The molecule has 0 aliphatic heterocycles. The van der Waals surface area contributed by atoms with Crippen LogP contribution in [0.3, 0.4) is 0 Å². The number of aliphatic carboxylic acids is 1. The van der Waals surface area contributed by atoms with E-state index in [1.165, 1.54) is 0 Å². The van der Waals surface area contributed by atoms with Gasteiger partial charge in [0.1, 0.15) is 5.69 Å². The minimum absolute atomic E-state index is 0.0218. The summed E-state index contributed by atoms with van der Waals surface area (Å²) in [6.07, 6.45) is 3.76. The summed E-state index contributed by atoms with van der Waals surface area (Å²) < 4.78 is 3.66. The third kappa shape index (κ3) is 2.27. The van der Waals surface area contributed by atoms with Gasteiger partial charge in [-0.2, -0.15) is 0 Å². The fraction of sp³-hybridized carbons (Fsp3) is 0.214. The maximum atomic E-state index is 10.9. The summed E-state index contributed by atoms with van der Waals surface area (Å²) in [5.41, 5.74) is 2.67. The van der Waals surface area contributed by atoms with Crippen molar-refractivity contribution in [3.63, 3.8) is 0 Å². The lowest BCUT2D eigenvalue weighted by Crippen LogP contribution is -2.00. The molecule has 0 spiro atoms. The minimum Gasteiger partial charge on any atom is -0.481 e. The second-order valence-electron chi connectivity index (χ2n) is 4.75. The van der Waals surface area contributed by atoms with E-state index in [1.54, 1.807) is 4.68 Å². The van der Waals surface area contributed by atoms with Gasteiger partial charge in [0.25, 0.3) is 0 Å². The first kappa shape index (κ1) is 12.4. The summed E-state index contributed by atoms with van der Waals surface area (Å²) in [6.45, 7) is 0.577. The molecule has 20 heavy (non-hydrogen) atoms. The lowest BCUT2D eigenvalue weighted by Gasteiger charge is -2.01. The van der Waals surface area contributed by atoms with Crippen molar-refractivity contribution < 1.29 is 9.90 Å². The molecule has 2 aromatic heterocycles. The van der Waals surface area contributed by atoms with Crippen molar-refractivity contribution in [2.75, 3.05) is 0 Å². The molecule has 0 atom stereocenters. The molecule has 0 saturated heterocycles. The van der Waals surface area contributed by atoms with Crippen LogP contribution in [-0.4, -0.2) is 30.6 Å². The smallest absolute Gasteiger partial charge is 0.307 e. The lowest BCUT2D eigenvalue weighted by atomic mass is 10.1. The molecule has 3 rings (SSSR count). The average molecular weight is 270 g/mol. The molecule has 0 unspecified atom stereocenters. The predicted octanol–water partition coefficient (Wildman–Crippen LogP) is 1.45. The highest BCUT2D eigenvalue weighted by Crippen LogP contribution is 2.22. The van der Waals surface area contributed by atoms with Crippen molar-refractivity contribution in [1.82, 2.24) is 19.6 Å². The SMILES string of the molecule is Cn1cc(Cn2cc(CC(=O)O)c3ccccc32)nn1. The van der Waals surface area contributed by atoms with Crippen molar-refractivity contribution in [1.29, 1.82) is 0 Å². The Balaban J connectivity index is 2.04. The van der Waals surface area contributed by atoms with Gasteiger partial charge in [0, 0.05) is 30.3 Å². The number of hydrogen-bond donors (Lipinski definition) is 1. The summed E-state index contributed by atoms with van der Waals surface area (Å²) in [4.78, 5) is 10.9. The number of aromatic nitrogens is 4. The van der Waals surface area contributed by atoms with Crippen molar-refractivity contribution in [2.24, 2.45) is 7.05 Å². The molecule has 0 aliphatic carbocycles. The topological polar surface area (TPSA) is 72.9 Å². The highest BCUT2D eigenvalue weighted by Gasteiger charge is 2.12. The van der Waals surface area contributed by atoms with E-state index in [4.69, 9.17) is 5.11 Å². The first-order valence-corrected chi connectivity index (χ1v) is 6.27. The van der Waals surface area contributed by atoms with E-state index in [0.717, 1.165) is 22.2 Å². The molecule has 0 fully saturated rings. The van der Waals surface area contributed by atoms with Crippen LogP contribution in [0, 0.1) is 0 Å². The molecule has 1 N–H and O–H groups in total. The van der Waals surface area contributed by atoms with Crippen molar-refractivity contribution >= 4 is 16.9 Å². The molecular formula is C14H14N4O2. The zero-order valence-electron chi connectivity index (χ0n) is 11.0. The normalized spacial score (nSPS) is 11.1. The van der Waals surface area contributed by atoms with Gasteiger partial charge >= 0.3 is 5.97 Å². The van der Waals surface area contributed by atoms with Gasteiger partial charge in [0.2, 0.25) is 0 Å². The van der Waals surface area contributed by atoms with E-state index in [0.29, 0.717) is 6.54 Å². The summed E-state index contributed by atoms with van der Waals surface area (Å²) in [6, 6.07) is 7.79. The first-order chi connectivity index (χ1) is 9.63. The minimum atomic E-state index is -0.826. The van der Waals surface area contributed by atoms with Gasteiger partial charge in [0.05, 0.1) is 13.0 Å². The third-order valence-electron chi connectivity index (χ3n) is 3.20. The van der Waals surface area contributed by atoms with E-state index in [2.05, 4.69) is 10.3 Å². The number of hydrogen-bond acceptors (Lipinski definition) is 3. The van der Waals surface area contributed by atoms with Crippen LogP contribution in [0.1, 0.15) is 11.3 Å². The monoisotopic (exact) mass is 270 g/mol. The molecule has 0 radical (unpaired) electrons. The standard InChI is InChI=1S/C14H14N4O2/c1-17-8-11(15-16-17)9-18-7-10(6-14(19)20)12-4-2-3-5-13(12)18/h2-5,7-8H,6,9H2,1H3,(H,19,20). The molecule has 1 aromatic carbocycles. The fourth-order valence-electron chi connectivity index (χ4n) is 2.40. The Bertz CT molecular complexity index is 772. The number of carbonyl (C=O) groups is 1. The van der Waals surface area contributed by atoms with Gasteiger partial charge in [-0.25, -0.2) is 0 Å². The van der Waals surface area contributed by atoms with E-state index in [9.17, 15) is 4.79 Å². The molecule has 0 aliphatic rings. The number of benzene rings is 1. The summed E-state index contributed by atoms with van der Waals surface area (Å²) in [5, 5.41) is 17.9. The number of para-hydroxylation sites is 1. The Morgan fingerprint density at radius 1 is 1.30 bits per heavy atom. The van der Waals surface area contributed by atoms with Crippen LogP contribution in [-0.2, 0) is 24.8 Å². The Labute approximate surface area is 115 Å². The third-order valence-corrected chi connectivity index (χ3v) is 3.20. The largest absolute Gasteiger partial charge is 0.481 e. The molecule has 3 aromatic rings. The molecular weight excluding hydrogens is 256 g/mol. The summed E-state index contributed by atoms with van der Waals surface area (Å²) >= 11 is 0. The number of nitrogens with zero attached hydrogens (tertiary/aromatic N) is 4. The predicted molar refractivity (Wildman–Crippen MR) is 73.4 cm³/mol. The van der Waals surface area contributed by atoms with Crippen LogP contribution in [0.4, 0.5) is 0 Å². The maximum absolute atomic E-state index is 10.9. The van der Waals surface area contributed by atoms with Gasteiger partial charge in [-0.15, -0.1) is 5.10 Å². The number of carboxylic acids is 1. The first-order valence-electron chi connectivity index (χ1n) is 6.27. The zero-order valence-corrected chi connectivity index (χ0v) is 11.0. The number of fused-ring (bicyclic) bond motifs is 1. The molecule has 6 nitrogen and oxygen atoms in total. The molecule has 102 valence electrons. The van der Waals surface area contributed by atoms with Crippen LogP contribution in [0.15, 0.2) is 36.7 Å². The number of carboxylic acid groups (broad SMARTS) is 1. The zero-order chi connectivity index (χ0) is 14.1. The highest BCUT2D eigenvalue weighted by molar-refractivity contribution is 5.87. The Morgan fingerprint density at radius 3 is 2.80 bits per heavy atom. The Morgan fingerprint density at radius 2 is 2.10 bits per heavy atom. The molecule has 2 heterocycles. The van der Waals surface area contributed by atoms with E-state index >= 15 is 0 Å². The van der Waals surface area contributed by atoms with Crippen LogP contribution in [0.2, 0.25) is 0 Å². The van der Waals surface area contributed by atoms with Crippen LogP contribution in [0.25, 0.3) is 10.9 Å². The lowest BCUT2D eigenvalue weighted by molar-refractivity contribution is -0.136. The molecule has 0 bridgehead atoms. The molecule has 0 amide bonds. The van der Waals surface area contributed by atoms with E-state index in [1.807, 2.05) is 48.3 Å². The van der Waals surface area contributed by atoms with Crippen LogP contribution >= 0.6 is 0 Å². The van der Waals surface area contributed by atoms with Gasteiger partial charge < -0.3 is 9.67 Å². The Kier molecular flexibility index (Phi) is 2.98. The quantitative estimate of drug-likeness (QED) is 0.778. The van der Waals surface area contributed by atoms with Gasteiger partial charge in [0.15, 0.2) is 0 Å². The van der Waals surface area contributed by atoms with Crippen molar-refractivity contribution in [2.45, 2.75) is 13.0 Å². The van der Waals surface area contributed by atoms with Crippen LogP contribution < -0.4 is 0 Å². The summed E-state index contributed by atoms with van der Waals surface area (Å²) in [5.74, 6) is -0.826. The van der Waals surface area contributed by atoms with Gasteiger partial charge in [-0.3, -0.25) is 9.48 Å². The van der Waals surface area contributed by atoms with Crippen LogP contribution in [0.5, 0.6) is 0 Å². The number of aryl methyl sites for hydroxylation is 1. The second kappa shape index (κ2) is 4.80. The van der Waals surface area contributed by atoms with E-state index in [-0.39, 0.29) is 6.42 Å². The van der Waals surface area contributed by atoms with Crippen molar-refractivity contribution in [3.8, 4) is 0 Å². The number of rotatable bonds is 4. The molecule has 6 heteroatoms. The van der Waals surface area contributed by atoms with Gasteiger partial charge in [-0.05, 0) is 11.6 Å². The molecule has 0 saturated carbocycles. The maximum Gasteiger partial charge on any atom is 0.307 e. The summed E-state index contributed by atoms with van der Waals surface area (Å²) in [7, 11) is 1.82. The average Bonchev–Trinajstić information content (AvgIpc) is 2.95.